The highest BCUT2D eigenvalue weighted by Gasteiger charge is 2.26. The zero-order valence-electron chi connectivity index (χ0n) is 15.7. The highest BCUT2D eigenvalue weighted by molar-refractivity contribution is 6.06. The molecule has 2 heterocycles. The lowest BCUT2D eigenvalue weighted by atomic mass is 10.1. The molecule has 0 unspecified atom stereocenters. The second-order valence-electron chi connectivity index (χ2n) is 7.05. The first-order valence-electron chi connectivity index (χ1n) is 9.28. The second kappa shape index (κ2) is 6.91. The molecule has 2 aromatic carbocycles. The Balaban J connectivity index is 1.50. The molecule has 1 saturated heterocycles. The molecule has 0 atom stereocenters. The van der Waals surface area contributed by atoms with Crippen molar-refractivity contribution in [2.75, 3.05) is 26.2 Å². The minimum Gasteiger partial charge on any atom is -0.358 e. The summed E-state index contributed by atoms with van der Waals surface area (Å²) in [7, 11) is 0. The zero-order chi connectivity index (χ0) is 19.0. The molecule has 1 aromatic heterocycles. The molecule has 0 aliphatic carbocycles. The Morgan fingerprint density at radius 2 is 1.44 bits per heavy atom. The van der Waals surface area contributed by atoms with Crippen LogP contribution in [0.2, 0.25) is 0 Å². The van der Waals surface area contributed by atoms with Gasteiger partial charge in [0.25, 0.3) is 11.8 Å². The molecule has 5 heteroatoms. The van der Waals surface area contributed by atoms with Crippen molar-refractivity contribution < 1.29 is 9.59 Å². The van der Waals surface area contributed by atoms with E-state index in [0.29, 0.717) is 37.3 Å². The summed E-state index contributed by atoms with van der Waals surface area (Å²) in [5, 5.41) is 1.09. The van der Waals surface area contributed by atoms with E-state index in [1.165, 1.54) is 5.56 Å². The minimum atomic E-state index is 0.0219. The number of carbonyl (C=O) groups is 2. The summed E-state index contributed by atoms with van der Waals surface area (Å²) in [6, 6.07) is 15.2. The van der Waals surface area contributed by atoms with E-state index in [9.17, 15) is 9.59 Å². The summed E-state index contributed by atoms with van der Waals surface area (Å²) < 4.78 is 0. The van der Waals surface area contributed by atoms with Gasteiger partial charge in [-0.15, -0.1) is 0 Å². The molecule has 3 aromatic rings. The Kier molecular flexibility index (Phi) is 4.44. The SMILES string of the molecule is Cc1[nH]c2c(C(=O)N3CCN(C(=O)c4ccccc4)CC3)cccc2c1C. The van der Waals surface area contributed by atoms with Gasteiger partial charge in [-0.25, -0.2) is 0 Å². The second-order valence-corrected chi connectivity index (χ2v) is 7.05. The third-order valence-corrected chi connectivity index (χ3v) is 5.45. The van der Waals surface area contributed by atoms with Crippen molar-refractivity contribution in [2.45, 2.75) is 13.8 Å². The van der Waals surface area contributed by atoms with E-state index in [2.05, 4.69) is 11.9 Å². The molecule has 5 nitrogen and oxygen atoms in total. The van der Waals surface area contributed by atoms with E-state index < -0.39 is 0 Å². The largest absolute Gasteiger partial charge is 0.358 e. The third-order valence-electron chi connectivity index (χ3n) is 5.45. The van der Waals surface area contributed by atoms with E-state index in [4.69, 9.17) is 0 Å². The summed E-state index contributed by atoms with van der Waals surface area (Å²) in [6.45, 7) is 6.29. The Morgan fingerprint density at radius 1 is 0.815 bits per heavy atom. The summed E-state index contributed by atoms with van der Waals surface area (Å²) >= 11 is 0. The van der Waals surface area contributed by atoms with Crippen LogP contribution < -0.4 is 0 Å². The number of piperazine rings is 1. The van der Waals surface area contributed by atoms with E-state index in [0.717, 1.165) is 16.6 Å². The van der Waals surface area contributed by atoms with Crippen LogP contribution in [0.15, 0.2) is 48.5 Å². The molecule has 27 heavy (non-hydrogen) atoms. The van der Waals surface area contributed by atoms with Gasteiger partial charge in [-0.2, -0.15) is 0 Å². The molecule has 0 bridgehead atoms. The van der Waals surface area contributed by atoms with Gasteiger partial charge in [-0.3, -0.25) is 9.59 Å². The number of nitrogens with zero attached hydrogens (tertiary/aromatic N) is 2. The highest BCUT2D eigenvalue weighted by atomic mass is 16.2. The van der Waals surface area contributed by atoms with Crippen LogP contribution in [0.1, 0.15) is 32.0 Å². The topological polar surface area (TPSA) is 56.4 Å². The van der Waals surface area contributed by atoms with Crippen LogP contribution in [0.4, 0.5) is 0 Å². The number of rotatable bonds is 2. The van der Waals surface area contributed by atoms with Gasteiger partial charge >= 0.3 is 0 Å². The lowest BCUT2D eigenvalue weighted by Crippen LogP contribution is -2.50. The van der Waals surface area contributed by atoms with Gasteiger partial charge < -0.3 is 14.8 Å². The Morgan fingerprint density at radius 3 is 2.11 bits per heavy atom. The van der Waals surface area contributed by atoms with Crippen molar-refractivity contribution in [1.29, 1.82) is 0 Å². The van der Waals surface area contributed by atoms with Crippen LogP contribution in [-0.2, 0) is 0 Å². The van der Waals surface area contributed by atoms with Crippen molar-refractivity contribution in [3.63, 3.8) is 0 Å². The number of benzene rings is 2. The molecule has 1 N–H and O–H groups in total. The van der Waals surface area contributed by atoms with Crippen LogP contribution in [0.5, 0.6) is 0 Å². The van der Waals surface area contributed by atoms with Crippen molar-refractivity contribution in [1.82, 2.24) is 14.8 Å². The smallest absolute Gasteiger partial charge is 0.256 e. The van der Waals surface area contributed by atoms with Crippen molar-refractivity contribution in [2.24, 2.45) is 0 Å². The van der Waals surface area contributed by atoms with E-state index in [1.807, 2.05) is 65.3 Å². The third kappa shape index (κ3) is 3.10. The van der Waals surface area contributed by atoms with Crippen molar-refractivity contribution in [3.8, 4) is 0 Å². The van der Waals surface area contributed by atoms with Crippen molar-refractivity contribution >= 4 is 22.7 Å². The lowest BCUT2D eigenvalue weighted by molar-refractivity contribution is 0.0536. The van der Waals surface area contributed by atoms with Crippen LogP contribution in [0.25, 0.3) is 10.9 Å². The summed E-state index contributed by atoms with van der Waals surface area (Å²) in [6.07, 6.45) is 0. The first-order chi connectivity index (χ1) is 13.1. The number of amides is 2. The number of para-hydroxylation sites is 1. The summed E-state index contributed by atoms with van der Waals surface area (Å²) in [5.41, 5.74) is 4.56. The molecule has 0 radical (unpaired) electrons. The summed E-state index contributed by atoms with van der Waals surface area (Å²) in [5.74, 6) is 0.0501. The van der Waals surface area contributed by atoms with Crippen LogP contribution >= 0.6 is 0 Å². The van der Waals surface area contributed by atoms with Gasteiger partial charge in [0.15, 0.2) is 0 Å². The molecule has 1 aliphatic heterocycles. The number of aromatic amines is 1. The number of aryl methyl sites for hydroxylation is 2. The van der Waals surface area contributed by atoms with E-state index >= 15 is 0 Å². The average molecular weight is 361 g/mol. The average Bonchev–Trinajstić information content (AvgIpc) is 3.02. The summed E-state index contributed by atoms with van der Waals surface area (Å²) in [4.78, 5) is 32.7. The normalized spacial score (nSPS) is 14.6. The van der Waals surface area contributed by atoms with Gasteiger partial charge in [0.05, 0.1) is 11.1 Å². The number of aromatic nitrogens is 1. The molecular weight excluding hydrogens is 338 g/mol. The van der Waals surface area contributed by atoms with Gasteiger partial charge in [0, 0.05) is 42.8 Å². The number of nitrogens with one attached hydrogen (secondary N) is 1. The molecule has 1 fully saturated rings. The number of fused-ring (bicyclic) bond motifs is 1. The van der Waals surface area contributed by atoms with Crippen LogP contribution in [-0.4, -0.2) is 52.8 Å². The standard InChI is InChI=1S/C22H23N3O2/c1-15-16(2)23-20-18(15)9-6-10-19(20)22(27)25-13-11-24(12-14-25)21(26)17-7-4-3-5-8-17/h3-10,23H,11-14H2,1-2H3. The Bertz CT molecular complexity index is 999. The first kappa shape index (κ1) is 17.3. The molecule has 138 valence electrons. The first-order valence-corrected chi connectivity index (χ1v) is 9.28. The fourth-order valence-corrected chi connectivity index (χ4v) is 3.71. The fourth-order valence-electron chi connectivity index (χ4n) is 3.71. The molecule has 1 aliphatic rings. The van der Waals surface area contributed by atoms with Gasteiger partial charge in [-0.05, 0) is 37.6 Å². The van der Waals surface area contributed by atoms with Gasteiger partial charge in [0.1, 0.15) is 0 Å². The molecular formula is C22H23N3O2. The van der Waals surface area contributed by atoms with Crippen molar-refractivity contribution in [3.05, 3.63) is 70.9 Å². The maximum Gasteiger partial charge on any atom is 0.256 e. The zero-order valence-corrected chi connectivity index (χ0v) is 15.7. The van der Waals surface area contributed by atoms with E-state index in [1.54, 1.807) is 0 Å². The number of hydrogen-bond donors (Lipinski definition) is 1. The molecule has 0 spiro atoms. The quantitative estimate of drug-likeness (QED) is 0.761. The monoisotopic (exact) mass is 361 g/mol. The Hall–Kier alpha value is -3.08. The number of carbonyl (C=O) groups excluding carboxylic acids is 2. The number of hydrogen-bond acceptors (Lipinski definition) is 2. The van der Waals surface area contributed by atoms with Gasteiger partial charge in [0.2, 0.25) is 0 Å². The number of H-pyrrole nitrogens is 1. The van der Waals surface area contributed by atoms with E-state index in [-0.39, 0.29) is 11.8 Å². The van der Waals surface area contributed by atoms with Crippen LogP contribution in [0.3, 0.4) is 0 Å². The maximum absolute atomic E-state index is 13.1. The molecule has 2 amide bonds. The van der Waals surface area contributed by atoms with Crippen LogP contribution in [0, 0.1) is 13.8 Å². The lowest BCUT2D eigenvalue weighted by Gasteiger charge is -2.35. The molecule has 0 saturated carbocycles. The fraction of sp³-hybridized carbons (Fsp3) is 0.273. The molecule has 4 rings (SSSR count). The van der Waals surface area contributed by atoms with Gasteiger partial charge in [-0.1, -0.05) is 30.3 Å². The predicted molar refractivity (Wildman–Crippen MR) is 106 cm³/mol. The highest BCUT2D eigenvalue weighted by Crippen LogP contribution is 2.25. The maximum atomic E-state index is 13.1. The predicted octanol–water partition coefficient (Wildman–Crippen LogP) is 3.38. The Labute approximate surface area is 158 Å². The minimum absolute atomic E-state index is 0.0219.